The molecule has 0 aliphatic heterocycles. The Morgan fingerprint density at radius 3 is 2.42 bits per heavy atom. The van der Waals surface area contributed by atoms with Crippen LogP contribution in [0.1, 0.15) is 69.3 Å². The lowest BCUT2D eigenvalue weighted by molar-refractivity contribution is -0.0134. The summed E-state index contributed by atoms with van der Waals surface area (Å²) in [6, 6.07) is 0.360. The quantitative estimate of drug-likeness (QED) is 0.848. The predicted molar refractivity (Wildman–Crippen MR) is 82.8 cm³/mol. The van der Waals surface area contributed by atoms with Gasteiger partial charge in [0.05, 0.1) is 5.69 Å². The average Bonchev–Trinajstić information content (AvgIpc) is 2.66. The summed E-state index contributed by atoms with van der Waals surface area (Å²) in [6.45, 7) is 16.8. The van der Waals surface area contributed by atoms with Gasteiger partial charge in [0, 0.05) is 17.5 Å². The molecule has 0 bridgehead atoms. The van der Waals surface area contributed by atoms with Crippen LogP contribution < -0.4 is 5.32 Å². The number of hydrogen-bond donors (Lipinski definition) is 1. The van der Waals surface area contributed by atoms with E-state index in [0.29, 0.717) is 6.04 Å². The second-order valence-electron chi connectivity index (χ2n) is 5.98. The molecule has 0 aromatic carbocycles. The van der Waals surface area contributed by atoms with E-state index in [4.69, 9.17) is 9.72 Å². The van der Waals surface area contributed by atoms with Gasteiger partial charge in [0.1, 0.15) is 11.1 Å². The molecule has 2 atom stereocenters. The third-order valence-corrected chi connectivity index (χ3v) is 4.48. The fourth-order valence-electron chi connectivity index (χ4n) is 2.20. The van der Waals surface area contributed by atoms with E-state index in [-0.39, 0.29) is 11.5 Å². The van der Waals surface area contributed by atoms with E-state index >= 15 is 0 Å². The second-order valence-corrected chi connectivity index (χ2v) is 7.04. The number of aromatic nitrogens is 1. The van der Waals surface area contributed by atoms with Crippen molar-refractivity contribution in [3.05, 3.63) is 15.6 Å². The van der Waals surface area contributed by atoms with Gasteiger partial charge in [0.15, 0.2) is 0 Å². The lowest BCUT2D eigenvalue weighted by atomic mass is 9.89. The third-order valence-electron chi connectivity index (χ3n) is 3.10. The van der Waals surface area contributed by atoms with Crippen LogP contribution in [0.5, 0.6) is 0 Å². The highest BCUT2D eigenvalue weighted by Crippen LogP contribution is 2.39. The molecule has 110 valence electrons. The summed E-state index contributed by atoms with van der Waals surface area (Å²) in [5, 5.41) is 4.56. The van der Waals surface area contributed by atoms with Crippen molar-refractivity contribution >= 4 is 11.3 Å². The normalized spacial score (nSPS) is 15.5. The van der Waals surface area contributed by atoms with Crippen LogP contribution in [-0.4, -0.2) is 18.1 Å². The van der Waals surface area contributed by atoms with Crippen LogP contribution in [0.2, 0.25) is 0 Å². The minimum Gasteiger partial charge on any atom is -0.371 e. The predicted octanol–water partition coefficient (Wildman–Crippen LogP) is 4.25. The molecule has 0 amide bonds. The van der Waals surface area contributed by atoms with E-state index in [1.165, 1.54) is 4.88 Å². The van der Waals surface area contributed by atoms with E-state index in [2.05, 4.69) is 46.9 Å². The molecule has 3 nitrogen and oxygen atoms in total. The lowest BCUT2D eigenvalue weighted by Gasteiger charge is -2.28. The third kappa shape index (κ3) is 4.26. The van der Waals surface area contributed by atoms with Gasteiger partial charge in [0.25, 0.3) is 0 Å². The Balaban J connectivity index is 3.03. The molecule has 19 heavy (non-hydrogen) atoms. The molecule has 0 saturated heterocycles. The molecule has 0 spiro atoms. The molecule has 0 fully saturated rings. The Morgan fingerprint density at radius 2 is 1.95 bits per heavy atom. The van der Waals surface area contributed by atoms with Gasteiger partial charge in [0.2, 0.25) is 0 Å². The number of hydrogen-bond acceptors (Lipinski definition) is 4. The fraction of sp³-hybridized carbons (Fsp3) is 0.800. The van der Waals surface area contributed by atoms with Gasteiger partial charge >= 0.3 is 0 Å². The maximum Gasteiger partial charge on any atom is 0.123 e. The van der Waals surface area contributed by atoms with E-state index in [1.54, 1.807) is 11.3 Å². The van der Waals surface area contributed by atoms with Crippen molar-refractivity contribution in [1.29, 1.82) is 0 Å². The molecule has 2 unspecified atom stereocenters. The summed E-state index contributed by atoms with van der Waals surface area (Å²) in [5.41, 5.74) is 1.20. The number of nitrogens with one attached hydrogen (secondary N) is 1. The van der Waals surface area contributed by atoms with Crippen molar-refractivity contribution in [3.63, 3.8) is 0 Å². The zero-order valence-corrected chi connectivity index (χ0v) is 14.1. The first-order chi connectivity index (χ1) is 8.81. The van der Waals surface area contributed by atoms with Gasteiger partial charge in [-0.05, 0) is 32.7 Å². The molecule has 4 heteroatoms. The zero-order valence-electron chi connectivity index (χ0n) is 13.3. The number of nitrogens with zero attached hydrogens (tertiary/aromatic N) is 1. The molecule has 1 rings (SSSR count). The van der Waals surface area contributed by atoms with E-state index in [0.717, 1.165) is 23.9 Å². The van der Waals surface area contributed by atoms with Gasteiger partial charge in [-0.15, -0.1) is 11.3 Å². The fourth-order valence-corrected chi connectivity index (χ4v) is 3.59. The highest BCUT2D eigenvalue weighted by molar-refractivity contribution is 7.11. The first-order valence-electron chi connectivity index (χ1n) is 7.13. The molecule has 1 heterocycles. The summed E-state index contributed by atoms with van der Waals surface area (Å²) in [7, 11) is 0. The Labute approximate surface area is 121 Å². The van der Waals surface area contributed by atoms with Crippen molar-refractivity contribution in [2.45, 2.75) is 60.6 Å². The monoisotopic (exact) mass is 284 g/mol. The van der Waals surface area contributed by atoms with Crippen LogP contribution in [0.25, 0.3) is 0 Å². The van der Waals surface area contributed by atoms with Crippen LogP contribution >= 0.6 is 11.3 Å². The van der Waals surface area contributed by atoms with E-state index in [1.807, 2.05) is 6.92 Å². The minimum absolute atomic E-state index is 0.0684. The summed E-state index contributed by atoms with van der Waals surface area (Å²) in [6.07, 6.45) is 0.0729. The molecular weight excluding hydrogens is 256 g/mol. The van der Waals surface area contributed by atoms with Gasteiger partial charge in [-0.1, -0.05) is 27.7 Å². The first kappa shape index (κ1) is 16.6. The zero-order chi connectivity index (χ0) is 14.6. The van der Waals surface area contributed by atoms with E-state index in [9.17, 15) is 0 Å². The Hall–Kier alpha value is -0.450. The highest BCUT2D eigenvalue weighted by atomic mass is 32.1. The maximum atomic E-state index is 5.93. The minimum atomic E-state index is 0.0684. The largest absolute Gasteiger partial charge is 0.371 e. The van der Waals surface area contributed by atoms with Crippen molar-refractivity contribution in [1.82, 2.24) is 10.3 Å². The highest BCUT2D eigenvalue weighted by Gasteiger charge is 2.30. The van der Waals surface area contributed by atoms with Crippen molar-refractivity contribution in [3.8, 4) is 0 Å². The number of ether oxygens (including phenoxy) is 1. The molecule has 0 radical (unpaired) electrons. The summed E-state index contributed by atoms with van der Waals surface area (Å²) in [4.78, 5) is 6.08. The standard InChI is InChI=1S/C15H28N2OS/c1-8-16-10(3)12-11(4)17-14(19-12)13(18-9-2)15(5,6)7/h10,13,16H,8-9H2,1-7H3. The molecular formula is C15H28N2OS. The first-order valence-corrected chi connectivity index (χ1v) is 7.95. The molecule has 1 aromatic heterocycles. The summed E-state index contributed by atoms with van der Waals surface area (Å²) >= 11 is 1.78. The Bertz CT molecular complexity index is 395. The van der Waals surface area contributed by atoms with Gasteiger partial charge in [-0.25, -0.2) is 4.98 Å². The molecule has 0 aliphatic rings. The van der Waals surface area contributed by atoms with Gasteiger partial charge < -0.3 is 10.1 Å². The average molecular weight is 284 g/mol. The topological polar surface area (TPSA) is 34.1 Å². The van der Waals surface area contributed by atoms with Gasteiger partial charge in [-0.2, -0.15) is 0 Å². The van der Waals surface area contributed by atoms with Crippen LogP contribution in [0.4, 0.5) is 0 Å². The van der Waals surface area contributed by atoms with Gasteiger partial charge in [-0.3, -0.25) is 0 Å². The van der Waals surface area contributed by atoms with Crippen LogP contribution in [-0.2, 0) is 4.74 Å². The lowest BCUT2D eigenvalue weighted by Crippen LogP contribution is -2.21. The molecule has 1 aromatic rings. The van der Waals surface area contributed by atoms with E-state index < -0.39 is 0 Å². The Kier molecular flexibility index (Phi) is 5.96. The molecule has 1 N–H and O–H groups in total. The number of aryl methyl sites for hydroxylation is 1. The number of thiazole rings is 1. The van der Waals surface area contributed by atoms with Crippen molar-refractivity contribution in [2.24, 2.45) is 5.41 Å². The van der Waals surface area contributed by atoms with Crippen LogP contribution in [0.15, 0.2) is 0 Å². The molecule has 0 saturated carbocycles. The van der Waals surface area contributed by atoms with Crippen LogP contribution in [0.3, 0.4) is 0 Å². The van der Waals surface area contributed by atoms with Crippen molar-refractivity contribution in [2.75, 3.05) is 13.2 Å². The summed E-state index contributed by atoms with van der Waals surface area (Å²) < 4.78 is 5.93. The Morgan fingerprint density at radius 1 is 1.32 bits per heavy atom. The SMILES string of the molecule is CCNC(C)c1sc(C(OCC)C(C)(C)C)nc1C. The number of rotatable bonds is 6. The summed E-state index contributed by atoms with van der Waals surface area (Å²) in [5.74, 6) is 0. The molecule has 0 aliphatic carbocycles. The smallest absolute Gasteiger partial charge is 0.123 e. The van der Waals surface area contributed by atoms with Crippen molar-refractivity contribution < 1.29 is 4.74 Å². The second kappa shape index (κ2) is 6.82. The van der Waals surface area contributed by atoms with Crippen LogP contribution in [0, 0.1) is 12.3 Å². The maximum absolute atomic E-state index is 5.93.